The van der Waals surface area contributed by atoms with Crippen molar-refractivity contribution < 1.29 is 23.5 Å². The zero-order valence-corrected chi connectivity index (χ0v) is 21.6. The normalized spacial score (nSPS) is 25.9. The van der Waals surface area contributed by atoms with Crippen molar-refractivity contribution in [1.29, 1.82) is 0 Å². The highest BCUT2D eigenvalue weighted by atomic mass is 28.4. The van der Waals surface area contributed by atoms with Gasteiger partial charge in [0, 0.05) is 11.8 Å². The molecule has 6 heteroatoms. The predicted octanol–water partition coefficient (Wildman–Crippen LogP) is 5.26. The third-order valence-corrected chi connectivity index (χ3v) is 12.2. The van der Waals surface area contributed by atoms with Crippen LogP contribution in [0.1, 0.15) is 66.2 Å². The van der Waals surface area contributed by atoms with Gasteiger partial charge in [0.1, 0.15) is 0 Å². The fourth-order valence-electron chi connectivity index (χ4n) is 4.54. The fraction of sp³-hybridized carbons (Fsp3) is 0.760. The number of ether oxygens (including phenoxy) is 2. The number of carbonyl (C=O) groups is 2. The van der Waals surface area contributed by atoms with Gasteiger partial charge in [0.05, 0.1) is 20.3 Å². The molecule has 2 saturated carbocycles. The second-order valence-corrected chi connectivity index (χ2v) is 15.3. The Kier molecular flexibility index (Phi) is 7.87. The van der Waals surface area contributed by atoms with Crippen LogP contribution in [0.2, 0.25) is 18.1 Å². The lowest BCUT2D eigenvalue weighted by Gasteiger charge is -2.43. The van der Waals surface area contributed by atoms with Gasteiger partial charge in [0.15, 0.2) is 13.7 Å². The molecule has 0 aliphatic heterocycles. The minimum absolute atomic E-state index is 0.0161. The van der Waals surface area contributed by atoms with Gasteiger partial charge in [0.25, 0.3) is 0 Å². The molecule has 31 heavy (non-hydrogen) atoms. The molecule has 0 saturated heterocycles. The van der Waals surface area contributed by atoms with Crippen LogP contribution in [0.25, 0.3) is 0 Å². The van der Waals surface area contributed by atoms with E-state index in [1.54, 1.807) is 6.92 Å². The molecule has 0 N–H and O–H groups in total. The van der Waals surface area contributed by atoms with Crippen molar-refractivity contribution in [3.8, 4) is 11.8 Å². The Morgan fingerprint density at radius 2 is 1.74 bits per heavy atom. The molecular weight excluding hydrogens is 408 g/mol. The molecule has 0 heterocycles. The fourth-order valence-corrected chi connectivity index (χ4v) is 5.94. The van der Waals surface area contributed by atoms with E-state index in [1.165, 1.54) is 27.1 Å². The van der Waals surface area contributed by atoms with Gasteiger partial charge in [-0.25, -0.2) is 0 Å². The summed E-state index contributed by atoms with van der Waals surface area (Å²) in [6, 6.07) is 0. The Morgan fingerprint density at radius 1 is 1.13 bits per heavy atom. The van der Waals surface area contributed by atoms with Crippen LogP contribution < -0.4 is 0 Å². The van der Waals surface area contributed by atoms with E-state index in [2.05, 4.69) is 51.8 Å². The molecule has 0 unspecified atom stereocenters. The average Bonchev–Trinajstić information content (AvgIpc) is 3.44. The summed E-state index contributed by atoms with van der Waals surface area (Å²) in [4.78, 5) is 25.3. The van der Waals surface area contributed by atoms with Gasteiger partial charge in [0.2, 0.25) is 0 Å². The molecule has 2 aliphatic rings. The molecule has 0 radical (unpaired) electrons. The number of rotatable bonds is 8. The van der Waals surface area contributed by atoms with Crippen molar-refractivity contribution in [3.63, 3.8) is 0 Å². The van der Waals surface area contributed by atoms with Gasteiger partial charge in [-0.1, -0.05) is 39.3 Å². The Morgan fingerprint density at radius 3 is 2.26 bits per heavy atom. The monoisotopic (exact) mass is 448 g/mol. The minimum Gasteiger partial charge on any atom is -0.468 e. The molecule has 2 fully saturated rings. The molecule has 0 aromatic rings. The lowest BCUT2D eigenvalue weighted by atomic mass is 9.79. The molecule has 0 amide bonds. The van der Waals surface area contributed by atoms with Crippen molar-refractivity contribution in [1.82, 2.24) is 0 Å². The van der Waals surface area contributed by atoms with Crippen LogP contribution in [0.3, 0.4) is 0 Å². The van der Waals surface area contributed by atoms with E-state index < -0.39 is 25.7 Å². The molecular formula is C25H40O5Si. The minimum atomic E-state index is -1.90. The number of allylic oxidation sites excluding steroid dienone is 1. The van der Waals surface area contributed by atoms with Crippen LogP contribution in [0, 0.1) is 28.6 Å². The Bertz CT molecular complexity index is 751. The lowest BCUT2D eigenvalue weighted by molar-refractivity contribution is -0.168. The van der Waals surface area contributed by atoms with Crippen molar-refractivity contribution in [3.05, 3.63) is 12.2 Å². The number of fused-ring (bicyclic) bond motifs is 1. The summed E-state index contributed by atoms with van der Waals surface area (Å²) in [5.74, 6) is 5.07. The summed E-state index contributed by atoms with van der Waals surface area (Å²) < 4.78 is 16.8. The highest BCUT2D eigenvalue weighted by molar-refractivity contribution is 6.74. The molecule has 0 aromatic carbocycles. The molecule has 3 atom stereocenters. The third kappa shape index (κ3) is 5.09. The molecule has 2 rings (SSSR count). The van der Waals surface area contributed by atoms with E-state index in [4.69, 9.17) is 13.9 Å². The maximum absolute atomic E-state index is 12.6. The van der Waals surface area contributed by atoms with Gasteiger partial charge in [-0.05, 0) is 56.7 Å². The first-order chi connectivity index (χ1) is 14.4. The van der Waals surface area contributed by atoms with Crippen LogP contribution in [0.4, 0.5) is 0 Å². The highest BCUT2D eigenvalue weighted by Crippen LogP contribution is 2.64. The zero-order chi connectivity index (χ0) is 23.5. The Hall–Kier alpha value is -1.58. The lowest BCUT2D eigenvalue weighted by Crippen LogP contribution is -2.47. The van der Waals surface area contributed by atoms with Crippen LogP contribution in [0.15, 0.2) is 12.2 Å². The van der Waals surface area contributed by atoms with E-state index in [0.29, 0.717) is 5.92 Å². The van der Waals surface area contributed by atoms with Crippen molar-refractivity contribution in [2.24, 2.45) is 16.7 Å². The van der Waals surface area contributed by atoms with Gasteiger partial charge < -0.3 is 13.9 Å². The summed E-state index contributed by atoms with van der Waals surface area (Å²) in [7, 11) is 0.694. The van der Waals surface area contributed by atoms with Crippen LogP contribution >= 0.6 is 0 Å². The first-order valence-corrected chi connectivity index (χ1v) is 14.2. The maximum atomic E-state index is 12.6. The molecule has 0 spiro atoms. The van der Waals surface area contributed by atoms with Gasteiger partial charge in [-0.3, -0.25) is 9.59 Å². The maximum Gasteiger partial charge on any atom is 0.324 e. The van der Waals surface area contributed by atoms with E-state index in [0.717, 1.165) is 12.8 Å². The van der Waals surface area contributed by atoms with Gasteiger partial charge in [-0.2, -0.15) is 0 Å². The highest BCUT2D eigenvalue weighted by Gasteiger charge is 2.60. The molecule has 2 aliphatic carbocycles. The number of hydrogen-bond acceptors (Lipinski definition) is 5. The Labute approximate surface area is 189 Å². The molecule has 174 valence electrons. The number of methoxy groups -OCH3 is 2. The smallest absolute Gasteiger partial charge is 0.324 e. The predicted molar refractivity (Wildman–Crippen MR) is 125 cm³/mol. The second kappa shape index (κ2) is 9.50. The molecule has 0 aromatic heterocycles. The quantitative estimate of drug-likeness (QED) is 0.167. The van der Waals surface area contributed by atoms with Gasteiger partial charge >= 0.3 is 11.9 Å². The van der Waals surface area contributed by atoms with E-state index in [1.807, 2.05) is 6.08 Å². The first-order valence-electron chi connectivity index (χ1n) is 11.3. The topological polar surface area (TPSA) is 61.8 Å². The summed E-state index contributed by atoms with van der Waals surface area (Å²) in [5.41, 5.74) is -1.42. The number of carbonyl (C=O) groups excluding carboxylic acids is 2. The summed E-state index contributed by atoms with van der Waals surface area (Å²) in [6.07, 6.45) is 9.25. The number of hydrogen-bond donors (Lipinski definition) is 0. The average molecular weight is 449 g/mol. The SMILES string of the molecule is CC#CCC(C/C=C/[C@]12C[C@H]1CCC[C@H]2O[Si](C)(C)C(C)(C)C)(C(=O)OC)C(=O)OC. The summed E-state index contributed by atoms with van der Waals surface area (Å²) >= 11 is 0. The van der Waals surface area contributed by atoms with Gasteiger partial charge in [-0.15, -0.1) is 11.8 Å². The Balaban J connectivity index is 2.28. The van der Waals surface area contributed by atoms with Crippen molar-refractivity contribution >= 4 is 20.3 Å². The van der Waals surface area contributed by atoms with Crippen LogP contribution in [0.5, 0.6) is 0 Å². The van der Waals surface area contributed by atoms with E-state index in [-0.39, 0.29) is 29.4 Å². The number of esters is 2. The zero-order valence-electron chi connectivity index (χ0n) is 20.6. The standard InChI is InChI=1S/C25H40O5Si/c1-9-10-15-24(21(26)28-5,22(27)29-6)16-12-17-25-18-19(25)13-11-14-20(25)30-31(7,8)23(2,3)4/h12,17,19-20H,11,13-16,18H2,1-8H3/b17-12+/t19-,20-,25+/m1/s1. The molecule has 0 bridgehead atoms. The van der Waals surface area contributed by atoms with Crippen LogP contribution in [-0.4, -0.2) is 40.6 Å². The summed E-state index contributed by atoms with van der Waals surface area (Å²) in [6.45, 7) is 13.1. The van der Waals surface area contributed by atoms with Crippen molar-refractivity contribution in [2.45, 2.75) is 90.5 Å². The van der Waals surface area contributed by atoms with E-state index in [9.17, 15) is 9.59 Å². The first kappa shape index (κ1) is 25.7. The summed E-state index contributed by atoms with van der Waals surface area (Å²) in [5, 5.41) is 0.156. The van der Waals surface area contributed by atoms with E-state index >= 15 is 0 Å². The largest absolute Gasteiger partial charge is 0.468 e. The second-order valence-electron chi connectivity index (χ2n) is 10.6. The van der Waals surface area contributed by atoms with Crippen molar-refractivity contribution in [2.75, 3.05) is 14.2 Å². The van der Waals surface area contributed by atoms with Crippen LogP contribution in [-0.2, 0) is 23.5 Å². The molecule has 5 nitrogen and oxygen atoms in total. The third-order valence-electron chi connectivity index (χ3n) is 7.68.